The highest BCUT2D eigenvalue weighted by molar-refractivity contribution is 5.81. The number of carbonyl (C=O) groups excluding carboxylic acids is 2. The van der Waals surface area contributed by atoms with Gasteiger partial charge < -0.3 is 19.9 Å². The number of esters is 1. The minimum Gasteiger partial charge on any atom is -0.466 e. The predicted molar refractivity (Wildman–Crippen MR) is 85.6 cm³/mol. The van der Waals surface area contributed by atoms with Gasteiger partial charge in [0.05, 0.1) is 12.5 Å². The van der Waals surface area contributed by atoms with Gasteiger partial charge in [-0.2, -0.15) is 0 Å². The molecule has 7 heteroatoms. The van der Waals surface area contributed by atoms with Gasteiger partial charge >= 0.3 is 5.97 Å². The van der Waals surface area contributed by atoms with Crippen molar-refractivity contribution in [3.63, 3.8) is 0 Å². The van der Waals surface area contributed by atoms with Gasteiger partial charge in [0.1, 0.15) is 0 Å². The number of carbonyl (C=O) groups is 2. The zero-order valence-corrected chi connectivity index (χ0v) is 14.1. The Kier molecular flexibility index (Phi) is 7.70. The van der Waals surface area contributed by atoms with Gasteiger partial charge in [-0.3, -0.25) is 14.6 Å². The molecule has 0 saturated carbocycles. The van der Waals surface area contributed by atoms with Crippen LogP contribution in [0.5, 0.6) is 0 Å². The summed E-state index contributed by atoms with van der Waals surface area (Å²) in [5.74, 6) is 0.768. The molecule has 1 aliphatic rings. The fraction of sp³-hybridized carbons (Fsp3) is 0.800. The molecule has 126 valence electrons. The summed E-state index contributed by atoms with van der Waals surface area (Å²) in [6.45, 7) is 4.35. The molecule has 1 rings (SSSR count). The van der Waals surface area contributed by atoms with E-state index in [0.29, 0.717) is 19.6 Å². The van der Waals surface area contributed by atoms with E-state index >= 15 is 0 Å². The fourth-order valence-corrected chi connectivity index (χ4v) is 2.42. The van der Waals surface area contributed by atoms with Gasteiger partial charge in [0, 0.05) is 47.2 Å². The monoisotopic (exact) mass is 312 g/mol. The SMILES string of the molecule is CCOC(=O)C1CCN(C(=NC)NCCC(=O)N(C)C)CC1. The first kappa shape index (κ1) is 18.3. The van der Waals surface area contributed by atoms with Gasteiger partial charge in [-0.05, 0) is 19.8 Å². The van der Waals surface area contributed by atoms with Crippen molar-refractivity contribution in [2.45, 2.75) is 26.2 Å². The van der Waals surface area contributed by atoms with Gasteiger partial charge in [-0.1, -0.05) is 0 Å². The number of guanidine groups is 1. The van der Waals surface area contributed by atoms with E-state index in [1.54, 1.807) is 26.0 Å². The minimum atomic E-state index is -0.0957. The van der Waals surface area contributed by atoms with Crippen LogP contribution in [0.4, 0.5) is 0 Å². The molecular formula is C15H28N4O3. The molecule has 0 spiro atoms. The Morgan fingerprint density at radius 1 is 1.32 bits per heavy atom. The first-order chi connectivity index (χ1) is 10.5. The highest BCUT2D eigenvalue weighted by Gasteiger charge is 2.27. The first-order valence-electron chi connectivity index (χ1n) is 7.82. The van der Waals surface area contributed by atoms with E-state index < -0.39 is 0 Å². The van der Waals surface area contributed by atoms with Crippen LogP contribution in [0.15, 0.2) is 4.99 Å². The zero-order chi connectivity index (χ0) is 16.5. The van der Waals surface area contributed by atoms with Crippen molar-refractivity contribution in [1.29, 1.82) is 0 Å². The summed E-state index contributed by atoms with van der Waals surface area (Å²) in [7, 11) is 5.22. The Bertz CT molecular complexity index is 402. The van der Waals surface area contributed by atoms with Crippen molar-refractivity contribution in [2.75, 3.05) is 47.4 Å². The molecule has 0 aromatic carbocycles. The smallest absolute Gasteiger partial charge is 0.309 e. The van der Waals surface area contributed by atoms with Crippen LogP contribution in [-0.4, -0.2) is 75.0 Å². The largest absolute Gasteiger partial charge is 0.466 e. The molecule has 1 amide bonds. The summed E-state index contributed by atoms with van der Waals surface area (Å²) in [5.41, 5.74) is 0. The Balaban J connectivity index is 2.37. The summed E-state index contributed by atoms with van der Waals surface area (Å²) in [4.78, 5) is 31.2. The number of likely N-dealkylation sites (tertiary alicyclic amines) is 1. The van der Waals surface area contributed by atoms with Gasteiger partial charge in [-0.15, -0.1) is 0 Å². The van der Waals surface area contributed by atoms with Crippen LogP contribution < -0.4 is 5.32 Å². The van der Waals surface area contributed by atoms with E-state index in [-0.39, 0.29) is 17.8 Å². The molecule has 0 unspecified atom stereocenters. The molecule has 22 heavy (non-hydrogen) atoms. The maximum absolute atomic E-state index is 11.7. The average Bonchev–Trinajstić information content (AvgIpc) is 2.51. The van der Waals surface area contributed by atoms with E-state index in [1.165, 1.54) is 0 Å². The second-order valence-electron chi connectivity index (χ2n) is 5.53. The van der Waals surface area contributed by atoms with Gasteiger partial charge in [-0.25, -0.2) is 0 Å². The Hall–Kier alpha value is -1.79. The topological polar surface area (TPSA) is 74.2 Å². The second kappa shape index (κ2) is 9.27. The summed E-state index contributed by atoms with van der Waals surface area (Å²) in [5, 5.41) is 3.21. The van der Waals surface area contributed by atoms with Gasteiger partial charge in [0.25, 0.3) is 0 Å². The van der Waals surface area contributed by atoms with Crippen LogP contribution in [-0.2, 0) is 14.3 Å². The Morgan fingerprint density at radius 3 is 2.45 bits per heavy atom. The van der Waals surface area contributed by atoms with Crippen molar-refractivity contribution in [3.05, 3.63) is 0 Å². The lowest BCUT2D eigenvalue weighted by Gasteiger charge is -2.33. The number of nitrogens with one attached hydrogen (secondary N) is 1. The molecule has 0 radical (unpaired) electrons. The quantitative estimate of drug-likeness (QED) is 0.449. The molecule has 0 aromatic heterocycles. The van der Waals surface area contributed by atoms with E-state index in [2.05, 4.69) is 15.2 Å². The van der Waals surface area contributed by atoms with E-state index in [0.717, 1.165) is 31.9 Å². The summed E-state index contributed by atoms with van der Waals surface area (Å²) in [6, 6.07) is 0. The van der Waals surface area contributed by atoms with Crippen LogP contribution in [0.2, 0.25) is 0 Å². The lowest BCUT2D eigenvalue weighted by molar-refractivity contribution is -0.149. The van der Waals surface area contributed by atoms with Crippen molar-refractivity contribution in [1.82, 2.24) is 15.1 Å². The van der Waals surface area contributed by atoms with Crippen LogP contribution in [0.25, 0.3) is 0 Å². The number of nitrogens with zero attached hydrogens (tertiary/aromatic N) is 3. The number of hydrogen-bond acceptors (Lipinski definition) is 4. The number of rotatable bonds is 5. The molecule has 1 fully saturated rings. The molecule has 1 N–H and O–H groups in total. The predicted octanol–water partition coefficient (Wildman–Crippen LogP) is 0.315. The van der Waals surface area contributed by atoms with E-state index in [4.69, 9.17) is 4.74 Å². The van der Waals surface area contributed by atoms with Crippen LogP contribution in [0, 0.1) is 5.92 Å². The van der Waals surface area contributed by atoms with Crippen LogP contribution in [0.1, 0.15) is 26.2 Å². The maximum Gasteiger partial charge on any atom is 0.309 e. The third-order valence-corrected chi connectivity index (χ3v) is 3.75. The number of amides is 1. The van der Waals surface area contributed by atoms with Gasteiger partial charge in [0.2, 0.25) is 5.91 Å². The average molecular weight is 312 g/mol. The number of hydrogen-bond donors (Lipinski definition) is 1. The van der Waals surface area contributed by atoms with Crippen molar-refractivity contribution in [2.24, 2.45) is 10.9 Å². The van der Waals surface area contributed by atoms with Gasteiger partial charge in [0.15, 0.2) is 5.96 Å². The van der Waals surface area contributed by atoms with E-state index in [9.17, 15) is 9.59 Å². The van der Waals surface area contributed by atoms with Crippen molar-refractivity contribution < 1.29 is 14.3 Å². The molecule has 1 aliphatic heterocycles. The summed E-state index contributed by atoms with van der Waals surface area (Å²) >= 11 is 0. The molecule has 7 nitrogen and oxygen atoms in total. The van der Waals surface area contributed by atoms with Crippen LogP contribution >= 0.6 is 0 Å². The zero-order valence-electron chi connectivity index (χ0n) is 14.1. The Morgan fingerprint density at radius 2 is 1.95 bits per heavy atom. The molecular weight excluding hydrogens is 284 g/mol. The highest BCUT2D eigenvalue weighted by atomic mass is 16.5. The number of piperidine rings is 1. The normalized spacial score (nSPS) is 16.4. The summed E-state index contributed by atoms with van der Waals surface area (Å²) in [6.07, 6.45) is 1.98. The van der Waals surface area contributed by atoms with Crippen molar-refractivity contribution in [3.8, 4) is 0 Å². The lowest BCUT2D eigenvalue weighted by atomic mass is 9.97. The number of aliphatic imine (C=N–C) groups is 1. The molecule has 1 saturated heterocycles. The fourth-order valence-electron chi connectivity index (χ4n) is 2.42. The minimum absolute atomic E-state index is 0.00961. The maximum atomic E-state index is 11.7. The lowest BCUT2D eigenvalue weighted by Crippen LogP contribution is -2.47. The van der Waals surface area contributed by atoms with Crippen LogP contribution in [0.3, 0.4) is 0 Å². The second-order valence-corrected chi connectivity index (χ2v) is 5.53. The van der Waals surface area contributed by atoms with E-state index in [1.807, 2.05) is 6.92 Å². The summed E-state index contributed by atoms with van der Waals surface area (Å²) < 4.78 is 5.07. The standard InChI is InChI=1S/C15H28N4O3/c1-5-22-14(21)12-7-10-19(11-8-12)15(16-2)17-9-6-13(20)18(3)4/h12H,5-11H2,1-4H3,(H,16,17). The highest BCUT2D eigenvalue weighted by Crippen LogP contribution is 2.18. The number of ether oxygens (including phenoxy) is 1. The third kappa shape index (κ3) is 5.54. The molecule has 0 bridgehead atoms. The first-order valence-corrected chi connectivity index (χ1v) is 7.82. The third-order valence-electron chi connectivity index (χ3n) is 3.75. The Labute approximate surface area is 132 Å². The molecule has 1 heterocycles. The molecule has 0 aliphatic carbocycles. The molecule has 0 atom stereocenters. The van der Waals surface area contributed by atoms with Crippen molar-refractivity contribution >= 4 is 17.8 Å². The molecule has 0 aromatic rings.